The van der Waals surface area contributed by atoms with E-state index in [-0.39, 0.29) is 11.9 Å². The van der Waals surface area contributed by atoms with Crippen LogP contribution in [0.15, 0.2) is 12.4 Å². The number of nitrogens with two attached hydrogens (primary N) is 1. The predicted molar refractivity (Wildman–Crippen MR) is 98.5 cm³/mol. The zero-order chi connectivity index (χ0) is 17.3. The van der Waals surface area contributed by atoms with Crippen LogP contribution in [0, 0.1) is 0 Å². The molecule has 3 heterocycles. The normalized spacial score (nSPS) is 18.4. The molecule has 0 aromatic carbocycles. The number of piperidine rings is 1. The number of nitrogens with one attached hydrogen (secondary N) is 2. The maximum absolute atomic E-state index is 11.9. The number of fused-ring (bicyclic) bond motifs is 1. The molecule has 1 aliphatic heterocycles. The number of carbonyl (C=O) groups is 1. The summed E-state index contributed by atoms with van der Waals surface area (Å²) in [5, 5.41) is 4.00. The summed E-state index contributed by atoms with van der Waals surface area (Å²) in [4.78, 5) is 22.0. The van der Waals surface area contributed by atoms with Crippen molar-refractivity contribution in [2.45, 2.75) is 52.0 Å². The molecular formula is C18H27N5O. The van der Waals surface area contributed by atoms with Crippen molar-refractivity contribution in [1.29, 1.82) is 0 Å². The topological polar surface area (TPSA) is 87.0 Å². The van der Waals surface area contributed by atoms with Gasteiger partial charge in [0.25, 0.3) is 0 Å². The number of nitrogens with zero attached hydrogens (tertiary/aromatic N) is 2. The van der Waals surface area contributed by atoms with Crippen molar-refractivity contribution < 1.29 is 4.79 Å². The van der Waals surface area contributed by atoms with Crippen LogP contribution in [0.1, 0.15) is 51.5 Å². The van der Waals surface area contributed by atoms with E-state index in [0.717, 1.165) is 48.3 Å². The van der Waals surface area contributed by atoms with Gasteiger partial charge in [-0.05, 0) is 24.3 Å². The van der Waals surface area contributed by atoms with Gasteiger partial charge < -0.3 is 20.9 Å². The van der Waals surface area contributed by atoms with E-state index >= 15 is 0 Å². The van der Waals surface area contributed by atoms with Crippen LogP contribution in [-0.4, -0.2) is 35.0 Å². The molecule has 1 fully saturated rings. The Labute approximate surface area is 142 Å². The summed E-state index contributed by atoms with van der Waals surface area (Å²) >= 11 is 0. The quantitative estimate of drug-likeness (QED) is 0.805. The van der Waals surface area contributed by atoms with Crippen molar-refractivity contribution in [3.8, 4) is 0 Å². The Bertz CT molecular complexity index is 736. The van der Waals surface area contributed by atoms with Gasteiger partial charge >= 0.3 is 0 Å². The standard InChI is InChI=1S/C18H27N5O/c1-4-15(24)22-14-9-21-18-16(14)17(13(8-20-18)11(2)3)23-7-5-6-12(19)10-23/h8-9,11-12H,4-7,10,19H2,1-3H3,(H,20,21)(H,22,24). The lowest BCUT2D eigenvalue weighted by molar-refractivity contribution is -0.115. The maximum Gasteiger partial charge on any atom is 0.224 e. The van der Waals surface area contributed by atoms with Gasteiger partial charge in [0.15, 0.2) is 0 Å². The first-order valence-corrected chi connectivity index (χ1v) is 8.81. The Morgan fingerprint density at radius 3 is 3.00 bits per heavy atom. The van der Waals surface area contributed by atoms with Crippen LogP contribution in [0.5, 0.6) is 0 Å². The third-order valence-electron chi connectivity index (χ3n) is 4.69. The zero-order valence-corrected chi connectivity index (χ0v) is 14.7. The van der Waals surface area contributed by atoms with Crippen molar-refractivity contribution in [2.75, 3.05) is 23.3 Å². The summed E-state index contributed by atoms with van der Waals surface area (Å²) in [5.74, 6) is 0.354. The Morgan fingerprint density at radius 2 is 2.33 bits per heavy atom. The molecule has 0 radical (unpaired) electrons. The molecule has 1 saturated heterocycles. The van der Waals surface area contributed by atoms with E-state index in [2.05, 4.69) is 34.0 Å². The Morgan fingerprint density at radius 1 is 1.54 bits per heavy atom. The van der Waals surface area contributed by atoms with Gasteiger partial charge in [-0.1, -0.05) is 20.8 Å². The Balaban J connectivity index is 2.15. The van der Waals surface area contributed by atoms with Gasteiger partial charge in [-0.25, -0.2) is 4.98 Å². The van der Waals surface area contributed by atoms with Crippen molar-refractivity contribution >= 4 is 28.3 Å². The largest absolute Gasteiger partial charge is 0.369 e. The first kappa shape index (κ1) is 16.8. The van der Waals surface area contributed by atoms with E-state index in [9.17, 15) is 4.79 Å². The number of amides is 1. The van der Waals surface area contributed by atoms with Crippen LogP contribution in [0.25, 0.3) is 11.0 Å². The summed E-state index contributed by atoms with van der Waals surface area (Å²) in [6.07, 6.45) is 6.39. The number of aromatic amines is 1. The molecule has 3 rings (SSSR count). The molecule has 6 nitrogen and oxygen atoms in total. The van der Waals surface area contributed by atoms with E-state index in [1.165, 1.54) is 5.56 Å². The fourth-order valence-electron chi connectivity index (χ4n) is 3.41. The lowest BCUT2D eigenvalue weighted by Crippen LogP contribution is -2.43. The average molecular weight is 329 g/mol. The van der Waals surface area contributed by atoms with Crippen molar-refractivity contribution in [3.63, 3.8) is 0 Å². The Kier molecular flexibility index (Phi) is 4.76. The lowest BCUT2D eigenvalue weighted by atomic mass is 9.97. The van der Waals surface area contributed by atoms with E-state index in [4.69, 9.17) is 5.73 Å². The van der Waals surface area contributed by atoms with Crippen LogP contribution in [0.4, 0.5) is 11.4 Å². The van der Waals surface area contributed by atoms with E-state index in [0.29, 0.717) is 12.3 Å². The first-order chi connectivity index (χ1) is 11.5. The van der Waals surface area contributed by atoms with Gasteiger partial charge in [0.1, 0.15) is 5.65 Å². The van der Waals surface area contributed by atoms with E-state index in [1.54, 1.807) is 0 Å². The molecule has 24 heavy (non-hydrogen) atoms. The summed E-state index contributed by atoms with van der Waals surface area (Å²) in [5.41, 5.74) is 10.2. The number of anilines is 2. The highest BCUT2D eigenvalue weighted by Crippen LogP contribution is 2.39. The van der Waals surface area contributed by atoms with Crippen molar-refractivity contribution in [1.82, 2.24) is 9.97 Å². The number of rotatable bonds is 4. The molecule has 2 aromatic heterocycles. The molecule has 130 valence electrons. The molecule has 1 unspecified atom stereocenters. The van der Waals surface area contributed by atoms with Crippen molar-refractivity contribution in [2.24, 2.45) is 5.73 Å². The van der Waals surface area contributed by atoms with Gasteiger partial charge in [0.2, 0.25) is 5.91 Å². The highest BCUT2D eigenvalue weighted by molar-refractivity contribution is 6.07. The summed E-state index contributed by atoms with van der Waals surface area (Å²) in [6, 6.07) is 0.189. The summed E-state index contributed by atoms with van der Waals surface area (Å²) < 4.78 is 0. The predicted octanol–water partition coefficient (Wildman–Crippen LogP) is 2.96. The summed E-state index contributed by atoms with van der Waals surface area (Å²) in [7, 11) is 0. The molecule has 1 atom stereocenters. The second-order valence-electron chi connectivity index (χ2n) is 6.89. The minimum atomic E-state index is 0.00662. The fraction of sp³-hybridized carbons (Fsp3) is 0.556. The van der Waals surface area contributed by atoms with Crippen LogP contribution >= 0.6 is 0 Å². The minimum absolute atomic E-state index is 0.00662. The van der Waals surface area contributed by atoms with Gasteiger partial charge in [-0.15, -0.1) is 0 Å². The molecule has 0 spiro atoms. The number of aromatic nitrogens is 2. The monoisotopic (exact) mass is 329 g/mol. The minimum Gasteiger partial charge on any atom is -0.369 e. The molecule has 1 amide bonds. The fourth-order valence-corrected chi connectivity index (χ4v) is 3.41. The molecule has 0 saturated carbocycles. The van der Waals surface area contributed by atoms with E-state index in [1.807, 2.05) is 19.3 Å². The number of carbonyl (C=O) groups excluding carboxylic acids is 1. The molecule has 4 N–H and O–H groups in total. The smallest absolute Gasteiger partial charge is 0.224 e. The van der Waals surface area contributed by atoms with Gasteiger partial charge in [0.05, 0.1) is 16.8 Å². The zero-order valence-electron chi connectivity index (χ0n) is 14.7. The molecule has 6 heteroatoms. The third kappa shape index (κ3) is 3.11. The lowest BCUT2D eigenvalue weighted by Gasteiger charge is -2.35. The second-order valence-corrected chi connectivity index (χ2v) is 6.89. The SMILES string of the molecule is CCC(=O)Nc1c[nH]c2ncc(C(C)C)c(N3CCCC(N)C3)c12. The number of hydrogen-bond acceptors (Lipinski definition) is 4. The molecule has 1 aliphatic rings. The van der Waals surface area contributed by atoms with Gasteiger partial charge in [-0.3, -0.25) is 4.79 Å². The first-order valence-electron chi connectivity index (χ1n) is 8.81. The second kappa shape index (κ2) is 6.81. The van der Waals surface area contributed by atoms with E-state index < -0.39 is 0 Å². The number of H-pyrrole nitrogens is 1. The molecule has 0 bridgehead atoms. The summed E-state index contributed by atoms with van der Waals surface area (Å²) in [6.45, 7) is 8.02. The highest BCUT2D eigenvalue weighted by atomic mass is 16.1. The third-order valence-corrected chi connectivity index (χ3v) is 4.69. The average Bonchev–Trinajstić information content (AvgIpc) is 2.96. The van der Waals surface area contributed by atoms with Crippen molar-refractivity contribution in [3.05, 3.63) is 18.0 Å². The van der Waals surface area contributed by atoms with Crippen LogP contribution in [0.3, 0.4) is 0 Å². The molecular weight excluding hydrogens is 302 g/mol. The van der Waals surface area contributed by atoms with Crippen LogP contribution in [0.2, 0.25) is 0 Å². The van der Waals surface area contributed by atoms with Crippen LogP contribution < -0.4 is 16.0 Å². The number of pyridine rings is 1. The molecule has 2 aromatic rings. The Hall–Kier alpha value is -2.08. The van der Waals surface area contributed by atoms with Gasteiger partial charge in [0, 0.05) is 37.9 Å². The molecule has 0 aliphatic carbocycles. The van der Waals surface area contributed by atoms with Crippen LogP contribution in [-0.2, 0) is 4.79 Å². The maximum atomic E-state index is 11.9. The number of hydrogen-bond donors (Lipinski definition) is 3. The van der Waals surface area contributed by atoms with Gasteiger partial charge in [-0.2, -0.15) is 0 Å². The highest BCUT2D eigenvalue weighted by Gasteiger charge is 2.25.